The second-order valence-corrected chi connectivity index (χ2v) is 7.69. The third-order valence-electron chi connectivity index (χ3n) is 3.78. The second-order valence-electron chi connectivity index (χ2n) is 5.93. The van der Waals surface area contributed by atoms with Gasteiger partial charge in [0.15, 0.2) is 6.61 Å². The van der Waals surface area contributed by atoms with Crippen LogP contribution in [0.25, 0.3) is 0 Å². The van der Waals surface area contributed by atoms with Gasteiger partial charge in [0.05, 0.1) is 4.90 Å². The minimum absolute atomic E-state index is 0.0446. The molecule has 1 N–H and O–H groups in total. The predicted molar refractivity (Wildman–Crippen MR) is 106 cm³/mol. The van der Waals surface area contributed by atoms with Crippen molar-refractivity contribution in [2.75, 3.05) is 24.6 Å². The van der Waals surface area contributed by atoms with Crippen LogP contribution in [0.2, 0.25) is 0 Å². The van der Waals surface area contributed by atoms with Gasteiger partial charge in [0.25, 0.3) is 5.91 Å². The number of nitrogens with zero attached hydrogens (tertiary/aromatic N) is 1. The standard InChI is InChI=1S/C20H22N2O5S/c1-3-13-22(17-7-5-4-6-8-17)19(23)15-27-20(24)14-21-28(25,26)18-11-9-16(2)10-12-18/h3-12,21H,1,13-15H2,2H3. The third kappa shape index (κ3) is 6.04. The number of aryl methyl sites for hydroxylation is 1. The van der Waals surface area contributed by atoms with Crippen LogP contribution < -0.4 is 9.62 Å². The van der Waals surface area contributed by atoms with E-state index in [0.29, 0.717) is 5.69 Å². The first-order valence-corrected chi connectivity index (χ1v) is 10.00. The molecule has 0 aliphatic heterocycles. The SMILES string of the molecule is C=CCN(C(=O)COC(=O)CNS(=O)(=O)c1ccc(C)cc1)c1ccccc1. The highest BCUT2D eigenvalue weighted by molar-refractivity contribution is 7.89. The van der Waals surface area contributed by atoms with Gasteiger partial charge >= 0.3 is 5.97 Å². The molecule has 0 aromatic heterocycles. The van der Waals surface area contributed by atoms with Crippen LogP contribution >= 0.6 is 0 Å². The van der Waals surface area contributed by atoms with Gasteiger partial charge in [-0.25, -0.2) is 8.42 Å². The molecule has 0 heterocycles. The topological polar surface area (TPSA) is 92.8 Å². The molecule has 0 radical (unpaired) electrons. The molecule has 2 aromatic carbocycles. The van der Waals surface area contributed by atoms with Gasteiger partial charge in [0.1, 0.15) is 6.54 Å². The van der Waals surface area contributed by atoms with Crippen LogP contribution in [0.4, 0.5) is 5.69 Å². The number of rotatable bonds is 9. The Bertz CT molecular complexity index is 925. The largest absolute Gasteiger partial charge is 0.455 e. The van der Waals surface area contributed by atoms with E-state index in [2.05, 4.69) is 11.3 Å². The summed E-state index contributed by atoms with van der Waals surface area (Å²) in [6, 6.07) is 15.1. The van der Waals surface area contributed by atoms with Crippen LogP contribution in [0.5, 0.6) is 0 Å². The number of benzene rings is 2. The number of nitrogens with one attached hydrogen (secondary N) is 1. The van der Waals surface area contributed by atoms with Gasteiger partial charge in [-0.05, 0) is 31.2 Å². The highest BCUT2D eigenvalue weighted by Crippen LogP contribution is 2.13. The monoisotopic (exact) mass is 402 g/mol. The number of hydrogen-bond donors (Lipinski definition) is 1. The third-order valence-corrected chi connectivity index (χ3v) is 5.19. The van der Waals surface area contributed by atoms with Crippen LogP contribution in [0.15, 0.2) is 72.1 Å². The number of hydrogen-bond acceptors (Lipinski definition) is 5. The molecule has 1 amide bonds. The van der Waals surface area contributed by atoms with E-state index in [4.69, 9.17) is 4.74 Å². The molecule has 0 unspecified atom stereocenters. The molecule has 0 bridgehead atoms. The normalized spacial score (nSPS) is 10.9. The summed E-state index contributed by atoms with van der Waals surface area (Å²) >= 11 is 0. The summed E-state index contributed by atoms with van der Waals surface area (Å²) in [6.07, 6.45) is 1.56. The first-order valence-electron chi connectivity index (χ1n) is 8.52. The summed E-state index contributed by atoms with van der Waals surface area (Å²) in [4.78, 5) is 25.7. The number of sulfonamides is 1. The number of amides is 1. The molecule has 0 saturated heterocycles. The Hall–Kier alpha value is -2.97. The lowest BCUT2D eigenvalue weighted by atomic mass is 10.2. The van der Waals surface area contributed by atoms with Crippen molar-refractivity contribution in [2.45, 2.75) is 11.8 Å². The number of esters is 1. The van der Waals surface area contributed by atoms with Gasteiger partial charge in [0.2, 0.25) is 10.0 Å². The fraction of sp³-hybridized carbons (Fsp3) is 0.200. The van der Waals surface area contributed by atoms with Crippen molar-refractivity contribution >= 4 is 27.6 Å². The van der Waals surface area contributed by atoms with Gasteiger partial charge in [-0.2, -0.15) is 4.72 Å². The van der Waals surface area contributed by atoms with Crippen molar-refractivity contribution in [1.82, 2.24) is 4.72 Å². The van der Waals surface area contributed by atoms with E-state index in [1.807, 2.05) is 13.0 Å². The lowest BCUT2D eigenvalue weighted by molar-refractivity contribution is -0.146. The van der Waals surface area contributed by atoms with Crippen LogP contribution in [0.3, 0.4) is 0 Å². The van der Waals surface area contributed by atoms with Crippen LogP contribution in [0, 0.1) is 6.92 Å². The molecule has 0 aliphatic carbocycles. The maximum Gasteiger partial charge on any atom is 0.321 e. The number of para-hydroxylation sites is 1. The van der Waals surface area contributed by atoms with Crippen molar-refractivity contribution < 1.29 is 22.7 Å². The van der Waals surface area contributed by atoms with E-state index >= 15 is 0 Å². The zero-order valence-corrected chi connectivity index (χ0v) is 16.3. The zero-order valence-electron chi connectivity index (χ0n) is 15.5. The highest BCUT2D eigenvalue weighted by atomic mass is 32.2. The van der Waals surface area contributed by atoms with Gasteiger partial charge in [0, 0.05) is 12.2 Å². The second kappa shape index (κ2) is 9.82. The molecular formula is C20H22N2O5S. The quantitative estimate of drug-likeness (QED) is 0.512. The van der Waals surface area contributed by atoms with E-state index in [9.17, 15) is 18.0 Å². The number of carbonyl (C=O) groups is 2. The Morgan fingerprint density at radius 1 is 1.11 bits per heavy atom. The Kier molecular flexibility index (Phi) is 7.48. The maximum absolute atomic E-state index is 12.4. The maximum atomic E-state index is 12.4. The van der Waals surface area contributed by atoms with E-state index in [1.165, 1.54) is 17.0 Å². The molecule has 148 valence electrons. The molecule has 2 rings (SSSR count). The fourth-order valence-electron chi connectivity index (χ4n) is 2.31. The number of ether oxygens (including phenoxy) is 1. The average Bonchev–Trinajstić information content (AvgIpc) is 2.69. The van der Waals surface area contributed by atoms with Crippen molar-refractivity contribution in [1.29, 1.82) is 0 Å². The average molecular weight is 402 g/mol. The summed E-state index contributed by atoms with van der Waals surface area (Å²) in [5, 5.41) is 0. The smallest absolute Gasteiger partial charge is 0.321 e. The molecule has 7 nitrogen and oxygen atoms in total. The Morgan fingerprint density at radius 2 is 1.75 bits per heavy atom. The molecule has 0 saturated carbocycles. The summed E-state index contributed by atoms with van der Waals surface area (Å²) in [6.45, 7) is 4.62. The van der Waals surface area contributed by atoms with Crippen molar-refractivity contribution in [3.8, 4) is 0 Å². The lowest BCUT2D eigenvalue weighted by Crippen LogP contribution is -2.37. The minimum atomic E-state index is -3.84. The summed E-state index contributed by atoms with van der Waals surface area (Å²) in [5.41, 5.74) is 1.56. The summed E-state index contributed by atoms with van der Waals surface area (Å²) < 4.78 is 31.4. The van der Waals surface area contributed by atoms with Crippen molar-refractivity contribution in [3.05, 3.63) is 72.8 Å². The van der Waals surface area contributed by atoms with Crippen LogP contribution in [-0.2, 0) is 24.3 Å². The van der Waals surface area contributed by atoms with E-state index < -0.39 is 35.1 Å². The van der Waals surface area contributed by atoms with Crippen LogP contribution in [-0.4, -0.2) is 40.0 Å². The van der Waals surface area contributed by atoms with Gasteiger partial charge in [-0.15, -0.1) is 6.58 Å². The molecule has 0 spiro atoms. The van der Waals surface area contributed by atoms with Crippen molar-refractivity contribution in [2.24, 2.45) is 0 Å². The molecule has 28 heavy (non-hydrogen) atoms. The number of carbonyl (C=O) groups excluding carboxylic acids is 2. The number of anilines is 1. The molecule has 0 atom stereocenters. The summed E-state index contributed by atoms with van der Waals surface area (Å²) in [5.74, 6) is -1.29. The van der Waals surface area contributed by atoms with E-state index in [0.717, 1.165) is 5.56 Å². The Labute approximate surface area is 164 Å². The van der Waals surface area contributed by atoms with Gasteiger partial charge < -0.3 is 9.64 Å². The van der Waals surface area contributed by atoms with Crippen LogP contribution in [0.1, 0.15) is 5.56 Å². The van der Waals surface area contributed by atoms with E-state index in [1.54, 1.807) is 42.5 Å². The van der Waals surface area contributed by atoms with Gasteiger partial charge in [-0.1, -0.05) is 42.0 Å². The van der Waals surface area contributed by atoms with E-state index in [-0.39, 0.29) is 11.4 Å². The minimum Gasteiger partial charge on any atom is -0.455 e. The molecule has 8 heteroatoms. The summed E-state index contributed by atoms with van der Waals surface area (Å²) in [7, 11) is -3.84. The Balaban J connectivity index is 1.89. The predicted octanol–water partition coefficient (Wildman–Crippen LogP) is 2.04. The Morgan fingerprint density at radius 3 is 2.36 bits per heavy atom. The highest BCUT2D eigenvalue weighted by Gasteiger charge is 2.19. The van der Waals surface area contributed by atoms with Gasteiger partial charge in [-0.3, -0.25) is 9.59 Å². The molecular weight excluding hydrogens is 380 g/mol. The zero-order chi connectivity index (χ0) is 20.6. The lowest BCUT2D eigenvalue weighted by Gasteiger charge is -2.21. The molecule has 0 aliphatic rings. The first kappa shape index (κ1) is 21.3. The molecule has 0 fully saturated rings. The van der Waals surface area contributed by atoms with Crippen molar-refractivity contribution in [3.63, 3.8) is 0 Å². The fourth-order valence-corrected chi connectivity index (χ4v) is 3.28. The molecule has 2 aromatic rings. The first-order chi connectivity index (χ1) is 13.3.